The number of aliphatic hydroxyl groups excluding tert-OH is 1. The van der Waals surface area contributed by atoms with Crippen LogP contribution in [0.2, 0.25) is 0 Å². The lowest BCUT2D eigenvalue weighted by Crippen LogP contribution is -2.46. The van der Waals surface area contributed by atoms with Crippen LogP contribution >= 0.6 is 12.4 Å². The van der Waals surface area contributed by atoms with E-state index in [0.717, 1.165) is 37.5 Å². The first kappa shape index (κ1) is 18.2. The highest BCUT2D eigenvalue weighted by molar-refractivity contribution is 5.85. The molecule has 1 atom stereocenters. The van der Waals surface area contributed by atoms with E-state index < -0.39 is 0 Å². The van der Waals surface area contributed by atoms with Gasteiger partial charge in [-0.25, -0.2) is 0 Å². The molecule has 5 heteroatoms. The van der Waals surface area contributed by atoms with E-state index in [9.17, 15) is 5.11 Å². The van der Waals surface area contributed by atoms with Crippen LogP contribution in [0.4, 0.5) is 0 Å². The molecular weight excluding hydrogens is 288 g/mol. The Balaban J connectivity index is 0.00000220. The third-order valence-electron chi connectivity index (χ3n) is 3.45. The van der Waals surface area contributed by atoms with E-state index in [1.807, 2.05) is 32.9 Å². The Morgan fingerprint density at radius 3 is 2.24 bits per heavy atom. The largest absolute Gasteiger partial charge is 0.488 e. The van der Waals surface area contributed by atoms with Crippen molar-refractivity contribution in [3.05, 3.63) is 29.8 Å². The number of hydrogen-bond donors (Lipinski definition) is 2. The highest BCUT2D eigenvalue weighted by atomic mass is 35.5. The van der Waals surface area contributed by atoms with Crippen molar-refractivity contribution in [3.63, 3.8) is 0 Å². The number of rotatable bonds is 4. The molecule has 0 aromatic heterocycles. The highest BCUT2D eigenvalue weighted by Gasteiger charge is 2.21. The van der Waals surface area contributed by atoms with Crippen molar-refractivity contribution >= 4 is 12.4 Å². The molecule has 1 aromatic carbocycles. The number of halogens is 1. The number of ether oxygens (including phenoxy) is 1. The normalized spacial score (nSPS) is 17.9. The molecule has 0 bridgehead atoms. The predicted molar refractivity (Wildman–Crippen MR) is 88.3 cm³/mol. The molecule has 0 spiro atoms. The van der Waals surface area contributed by atoms with Crippen LogP contribution in [0.3, 0.4) is 0 Å². The average Bonchev–Trinajstić information content (AvgIpc) is 2.41. The van der Waals surface area contributed by atoms with Gasteiger partial charge in [0.2, 0.25) is 0 Å². The molecule has 1 heterocycles. The number of nitrogens with one attached hydrogen (secondary N) is 1. The van der Waals surface area contributed by atoms with Crippen molar-refractivity contribution in [2.24, 2.45) is 0 Å². The molecule has 21 heavy (non-hydrogen) atoms. The van der Waals surface area contributed by atoms with Gasteiger partial charge in [0.15, 0.2) is 0 Å². The van der Waals surface area contributed by atoms with Crippen LogP contribution in [0, 0.1) is 0 Å². The molecule has 2 N–H and O–H groups in total. The van der Waals surface area contributed by atoms with Gasteiger partial charge in [0.1, 0.15) is 11.4 Å². The zero-order valence-corrected chi connectivity index (χ0v) is 13.9. The van der Waals surface area contributed by atoms with Gasteiger partial charge in [-0.2, -0.15) is 0 Å². The van der Waals surface area contributed by atoms with E-state index in [1.54, 1.807) is 0 Å². The molecule has 0 radical (unpaired) electrons. The zero-order chi connectivity index (χ0) is 14.6. The maximum absolute atomic E-state index is 9.69. The Morgan fingerprint density at radius 2 is 1.76 bits per heavy atom. The minimum Gasteiger partial charge on any atom is -0.488 e. The molecule has 1 aliphatic rings. The van der Waals surface area contributed by atoms with Crippen LogP contribution in [-0.4, -0.2) is 48.4 Å². The van der Waals surface area contributed by atoms with E-state index in [2.05, 4.69) is 22.3 Å². The van der Waals surface area contributed by atoms with Gasteiger partial charge in [-0.05, 0) is 38.5 Å². The lowest BCUT2D eigenvalue weighted by Gasteiger charge is -2.34. The first-order valence-electron chi connectivity index (χ1n) is 7.34. The van der Waals surface area contributed by atoms with Crippen molar-refractivity contribution in [3.8, 4) is 5.75 Å². The second-order valence-corrected chi connectivity index (χ2v) is 6.27. The molecule has 0 unspecified atom stereocenters. The molecule has 1 saturated heterocycles. The summed E-state index contributed by atoms with van der Waals surface area (Å²) in [4.78, 5) is 2.33. The Bertz CT molecular complexity index is 411. The standard InChI is InChI=1S/C16H26N2O2.ClH/c1-16(2,3)20-14-6-4-13(5-7-14)15(12-19)18-10-8-17-9-11-18;/h4-7,15,17,19H,8-12H2,1-3H3;1H/t15-;/m1./s1. The van der Waals surface area contributed by atoms with E-state index in [0.29, 0.717) is 0 Å². The van der Waals surface area contributed by atoms with Gasteiger partial charge < -0.3 is 15.2 Å². The fourth-order valence-corrected chi connectivity index (χ4v) is 2.54. The summed E-state index contributed by atoms with van der Waals surface area (Å²) in [5, 5.41) is 13.0. The van der Waals surface area contributed by atoms with Crippen molar-refractivity contribution in [2.75, 3.05) is 32.8 Å². The second kappa shape index (κ2) is 7.99. The molecule has 0 aliphatic carbocycles. The summed E-state index contributed by atoms with van der Waals surface area (Å²) in [7, 11) is 0. The number of aliphatic hydroxyl groups is 1. The van der Waals surface area contributed by atoms with Crippen LogP contribution in [0.1, 0.15) is 32.4 Å². The van der Waals surface area contributed by atoms with Crippen molar-refractivity contribution < 1.29 is 9.84 Å². The first-order valence-corrected chi connectivity index (χ1v) is 7.34. The minimum absolute atomic E-state index is 0. The minimum atomic E-state index is -0.184. The fourth-order valence-electron chi connectivity index (χ4n) is 2.54. The van der Waals surface area contributed by atoms with E-state index in [-0.39, 0.29) is 30.7 Å². The molecule has 1 aliphatic heterocycles. The molecule has 1 fully saturated rings. The highest BCUT2D eigenvalue weighted by Crippen LogP contribution is 2.24. The quantitative estimate of drug-likeness (QED) is 0.894. The summed E-state index contributed by atoms with van der Waals surface area (Å²) in [6.07, 6.45) is 0. The predicted octanol–water partition coefficient (Wildman–Crippen LogP) is 2.22. The van der Waals surface area contributed by atoms with Crippen LogP contribution in [0.15, 0.2) is 24.3 Å². The molecule has 1 aromatic rings. The maximum atomic E-state index is 9.69. The van der Waals surface area contributed by atoms with E-state index in [4.69, 9.17) is 4.74 Å². The lowest BCUT2D eigenvalue weighted by atomic mass is 10.0. The fraction of sp³-hybridized carbons (Fsp3) is 0.625. The summed E-state index contributed by atoms with van der Waals surface area (Å²) in [6.45, 7) is 10.2. The SMILES string of the molecule is CC(C)(C)Oc1ccc([C@@H](CO)N2CCNCC2)cc1.Cl. The Hall–Kier alpha value is -0.810. The van der Waals surface area contributed by atoms with Crippen LogP contribution < -0.4 is 10.1 Å². The number of hydrogen-bond acceptors (Lipinski definition) is 4. The molecule has 2 rings (SSSR count). The maximum Gasteiger partial charge on any atom is 0.120 e. The average molecular weight is 315 g/mol. The van der Waals surface area contributed by atoms with Gasteiger partial charge in [0, 0.05) is 26.2 Å². The lowest BCUT2D eigenvalue weighted by molar-refractivity contribution is 0.110. The van der Waals surface area contributed by atoms with Gasteiger partial charge in [0.05, 0.1) is 12.6 Å². The monoisotopic (exact) mass is 314 g/mol. The van der Waals surface area contributed by atoms with Crippen LogP contribution in [-0.2, 0) is 0 Å². The van der Waals surface area contributed by atoms with Gasteiger partial charge in [-0.3, -0.25) is 4.90 Å². The van der Waals surface area contributed by atoms with Crippen molar-refractivity contribution in [1.29, 1.82) is 0 Å². The van der Waals surface area contributed by atoms with Gasteiger partial charge in [0.25, 0.3) is 0 Å². The Morgan fingerprint density at radius 1 is 1.19 bits per heavy atom. The first-order chi connectivity index (χ1) is 9.49. The smallest absolute Gasteiger partial charge is 0.120 e. The van der Waals surface area contributed by atoms with E-state index in [1.165, 1.54) is 0 Å². The molecular formula is C16H27ClN2O2. The topological polar surface area (TPSA) is 44.7 Å². The van der Waals surface area contributed by atoms with Crippen molar-refractivity contribution in [2.45, 2.75) is 32.4 Å². The summed E-state index contributed by atoms with van der Waals surface area (Å²) in [5.74, 6) is 0.873. The Labute approximate surface area is 133 Å². The molecule has 4 nitrogen and oxygen atoms in total. The van der Waals surface area contributed by atoms with Gasteiger partial charge in [-0.15, -0.1) is 12.4 Å². The van der Waals surface area contributed by atoms with Crippen LogP contribution in [0.5, 0.6) is 5.75 Å². The van der Waals surface area contributed by atoms with Crippen LogP contribution in [0.25, 0.3) is 0 Å². The Kier molecular flexibility index (Phi) is 6.94. The summed E-state index contributed by atoms with van der Waals surface area (Å²) in [6, 6.07) is 8.19. The van der Waals surface area contributed by atoms with Gasteiger partial charge in [-0.1, -0.05) is 12.1 Å². The summed E-state index contributed by atoms with van der Waals surface area (Å²) in [5.41, 5.74) is 0.965. The van der Waals surface area contributed by atoms with E-state index >= 15 is 0 Å². The third kappa shape index (κ3) is 5.47. The second-order valence-electron chi connectivity index (χ2n) is 6.27. The summed E-state index contributed by atoms with van der Waals surface area (Å²) >= 11 is 0. The number of benzene rings is 1. The van der Waals surface area contributed by atoms with Gasteiger partial charge >= 0.3 is 0 Å². The number of nitrogens with zero attached hydrogens (tertiary/aromatic N) is 1. The number of piperazine rings is 1. The summed E-state index contributed by atoms with van der Waals surface area (Å²) < 4.78 is 5.83. The van der Waals surface area contributed by atoms with Crippen molar-refractivity contribution in [1.82, 2.24) is 10.2 Å². The molecule has 120 valence electrons. The third-order valence-corrected chi connectivity index (χ3v) is 3.45. The molecule has 0 amide bonds. The molecule has 0 saturated carbocycles. The zero-order valence-electron chi connectivity index (χ0n) is 13.1.